The monoisotopic (exact) mass is 399 g/mol. The fourth-order valence-electron chi connectivity index (χ4n) is 3.47. The van der Waals surface area contributed by atoms with E-state index >= 15 is 0 Å². The number of pyridine rings is 1. The third-order valence-electron chi connectivity index (χ3n) is 4.70. The van der Waals surface area contributed by atoms with Crippen molar-refractivity contribution in [3.8, 4) is 0 Å². The number of ether oxygens (including phenoxy) is 1. The Morgan fingerprint density at radius 1 is 1.30 bits per heavy atom. The summed E-state index contributed by atoms with van der Waals surface area (Å²) in [7, 11) is -3.50. The van der Waals surface area contributed by atoms with Crippen LogP contribution in [-0.2, 0) is 24.9 Å². The average Bonchev–Trinajstić information content (AvgIpc) is 2.67. The summed E-state index contributed by atoms with van der Waals surface area (Å²) in [5.74, 6) is 0. The number of carboxylic acid groups (broad SMARTS) is 1. The summed E-state index contributed by atoms with van der Waals surface area (Å²) in [5.41, 5.74) is 1.82. The first-order valence-electron chi connectivity index (χ1n) is 9.17. The topological polar surface area (TPSA) is 101 Å². The van der Waals surface area contributed by atoms with Crippen LogP contribution in [0.3, 0.4) is 0 Å². The summed E-state index contributed by atoms with van der Waals surface area (Å²) in [6.07, 6.45) is -0.961. The van der Waals surface area contributed by atoms with Crippen molar-refractivity contribution in [2.24, 2.45) is 0 Å². The molecule has 1 saturated heterocycles. The first-order chi connectivity index (χ1) is 13.0. The molecule has 0 aromatic carbocycles. The van der Waals surface area contributed by atoms with E-state index in [1.54, 1.807) is 26.0 Å². The second kappa shape index (κ2) is 8.67. The minimum absolute atomic E-state index is 0.217. The number of carbonyl (C=O) groups is 1. The molecule has 1 fully saturated rings. The van der Waals surface area contributed by atoms with Crippen molar-refractivity contribution >= 4 is 19.1 Å². The van der Waals surface area contributed by atoms with E-state index in [4.69, 9.17) is 13.8 Å². The van der Waals surface area contributed by atoms with Crippen molar-refractivity contribution in [2.45, 2.75) is 26.4 Å². The number of amides is 1. The smallest absolute Gasteiger partial charge is 0.407 e. The standard InChI is InChI=1S/C17H26N3O6P/c1-3-25-27(23,26-4-2)15-6-5-13-11-20(17(21)22)12-14(16(13)18-15)19-7-9-24-10-8-19/h5-6,14H,3-4,7-12H2,1-2H3,(H,21,22). The SMILES string of the molecule is CCOP(=O)(OCC)c1ccc2c(n1)C(N1CCOCC1)CN(C(=O)O)C2. The third-order valence-corrected chi connectivity index (χ3v) is 6.71. The maximum atomic E-state index is 13.1. The van der Waals surface area contributed by atoms with E-state index in [9.17, 15) is 14.5 Å². The normalized spacial score (nSPS) is 21.1. The molecule has 0 aliphatic carbocycles. The van der Waals surface area contributed by atoms with Crippen LogP contribution in [0, 0.1) is 0 Å². The van der Waals surface area contributed by atoms with Gasteiger partial charge in [-0.3, -0.25) is 9.46 Å². The van der Waals surface area contributed by atoms with E-state index in [1.807, 2.05) is 0 Å². The molecular formula is C17H26N3O6P. The summed E-state index contributed by atoms with van der Waals surface area (Å²) < 4.78 is 29.4. The quantitative estimate of drug-likeness (QED) is 0.723. The number of aromatic nitrogens is 1. The van der Waals surface area contributed by atoms with E-state index in [0.717, 1.165) is 11.3 Å². The van der Waals surface area contributed by atoms with Crippen molar-refractivity contribution in [1.82, 2.24) is 14.8 Å². The lowest BCUT2D eigenvalue weighted by molar-refractivity contribution is 0.00327. The van der Waals surface area contributed by atoms with Gasteiger partial charge >= 0.3 is 13.7 Å². The van der Waals surface area contributed by atoms with Crippen LogP contribution in [0.4, 0.5) is 4.79 Å². The van der Waals surface area contributed by atoms with Crippen LogP contribution in [0.15, 0.2) is 12.1 Å². The number of hydrogen-bond donors (Lipinski definition) is 1. The van der Waals surface area contributed by atoms with E-state index < -0.39 is 13.7 Å². The number of morpholine rings is 1. The second-order valence-electron chi connectivity index (χ2n) is 6.37. The summed E-state index contributed by atoms with van der Waals surface area (Å²) in [5, 5.41) is 9.48. The zero-order chi connectivity index (χ0) is 19.4. The Labute approximate surface area is 158 Å². The van der Waals surface area contributed by atoms with Gasteiger partial charge in [0.2, 0.25) is 0 Å². The van der Waals surface area contributed by atoms with E-state index in [1.165, 1.54) is 4.90 Å². The minimum Gasteiger partial charge on any atom is -0.465 e. The van der Waals surface area contributed by atoms with Gasteiger partial charge in [-0.1, -0.05) is 6.07 Å². The zero-order valence-electron chi connectivity index (χ0n) is 15.7. The van der Waals surface area contributed by atoms with Crippen molar-refractivity contribution in [1.29, 1.82) is 0 Å². The summed E-state index contributed by atoms with van der Waals surface area (Å²) in [6.45, 7) is 7.14. The van der Waals surface area contributed by atoms with Gasteiger partial charge < -0.3 is 23.8 Å². The number of hydrogen-bond acceptors (Lipinski definition) is 7. The first-order valence-corrected chi connectivity index (χ1v) is 10.7. The molecular weight excluding hydrogens is 373 g/mol. The number of fused-ring (bicyclic) bond motifs is 1. The molecule has 1 unspecified atom stereocenters. The number of nitrogens with zero attached hydrogens (tertiary/aromatic N) is 3. The highest BCUT2D eigenvalue weighted by atomic mass is 31.2. The Morgan fingerprint density at radius 3 is 2.56 bits per heavy atom. The molecule has 1 aromatic heterocycles. The Kier molecular flexibility index (Phi) is 6.49. The van der Waals surface area contributed by atoms with Gasteiger partial charge in [-0.25, -0.2) is 9.78 Å². The van der Waals surface area contributed by atoms with Crippen LogP contribution in [-0.4, -0.2) is 72.0 Å². The molecule has 27 heavy (non-hydrogen) atoms. The van der Waals surface area contributed by atoms with Crippen LogP contribution >= 0.6 is 7.60 Å². The van der Waals surface area contributed by atoms with Gasteiger partial charge in [0.25, 0.3) is 0 Å². The lowest BCUT2D eigenvalue weighted by atomic mass is 9.99. The van der Waals surface area contributed by atoms with Gasteiger partial charge in [-0.05, 0) is 25.5 Å². The molecule has 10 heteroatoms. The van der Waals surface area contributed by atoms with Gasteiger partial charge in [-0.2, -0.15) is 0 Å². The maximum absolute atomic E-state index is 13.1. The molecule has 0 spiro atoms. The average molecular weight is 399 g/mol. The largest absolute Gasteiger partial charge is 0.465 e. The highest BCUT2D eigenvalue weighted by Gasteiger charge is 2.36. The van der Waals surface area contributed by atoms with Crippen LogP contribution in [0.5, 0.6) is 0 Å². The molecule has 150 valence electrons. The zero-order valence-corrected chi connectivity index (χ0v) is 16.6. The Balaban J connectivity index is 2.00. The van der Waals surface area contributed by atoms with Gasteiger partial charge in [0.05, 0.1) is 44.7 Å². The fraction of sp³-hybridized carbons (Fsp3) is 0.647. The van der Waals surface area contributed by atoms with Crippen molar-refractivity contribution in [2.75, 3.05) is 46.1 Å². The van der Waals surface area contributed by atoms with E-state index in [-0.39, 0.29) is 31.2 Å². The number of rotatable bonds is 6. The van der Waals surface area contributed by atoms with E-state index in [0.29, 0.717) is 32.8 Å². The predicted octanol–water partition coefficient (Wildman–Crippen LogP) is 1.84. The van der Waals surface area contributed by atoms with Gasteiger partial charge in [0.1, 0.15) is 0 Å². The molecule has 2 aliphatic heterocycles. The maximum Gasteiger partial charge on any atom is 0.407 e. The fourth-order valence-corrected chi connectivity index (χ4v) is 4.97. The molecule has 0 bridgehead atoms. The molecule has 1 aromatic rings. The highest BCUT2D eigenvalue weighted by molar-refractivity contribution is 7.61. The predicted molar refractivity (Wildman–Crippen MR) is 98.3 cm³/mol. The van der Waals surface area contributed by atoms with Crippen LogP contribution in [0.25, 0.3) is 0 Å². The lowest BCUT2D eigenvalue weighted by Crippen LogP contribution is -2.48. The summed E-state index contributed by atoms with van der Waals surface area (Å²) >= 11 is 0. The van der Waals surface area contributed by atoms with Crippen LogP contribution < -0.4 is 5.44 Å². The first kappa shape index (κ1) is 20.2. The minimum atomic E-state index is -3.50. The Hall–Kier alpha value is -1.51. The lowest BCUT2D eigenvalue weighted by Gasteiger charge is -2.40. The molecule has 9 nitrogen and oxygen atoms in total. The van der Waals surface area contributed by atoms with Crippen molar-refractivity contribution < 1.29 is 28.3 Å². The van der Waals surface area contributed by atoms with Crippen LogP contribution in [0.1, 0.15) is 31.1 Å². The molecule has 3 heterocycles. The molecule has 2 aliphatic rings. The van der Waals surface area contributed by atoms with Crippen molar-refractivity contribution in [3.63, 3.8) is 0 Å². The Morgan fingerprint density at radius 2 is 1.96 bits per heavy atom. The second-order valence-corrected chi connectivity index (χ2v) is 8.34. The molecule has 1 N–H and O–H groups in total. The molecule has 0 radical (unpaired) electrons. The van der Waals surface area contributed by atoms with Gasteiger partial charge in [-0.15, -0.1) is 0 Å². The van der Waals surface area contributed by atoms with Gasteiger partial charge in [0.15, 0.2) is 5.44 Å². The molecule has 1 amide bonds. The Bertz CT molecular complexity index is 715. The highest BCUT2D eigenvalue weighted by Crippen LogP contribution is 2.46. The van der Waals surface area contributed by atoms with E-state index in [2.05, 4.69) is 9.88 Å². The molecule has 3 rings (SSSR count). The third kappa shape index (κ3) is 4.33. The molecule has 1 atom stereocenters. The van der Waals surface area contributed by atoms with Crippen LogP contribution in [0.2, 0.25) is 0 Å². The van der Waals surface area contributed by atoms with Gasteiger partial charge in [0, 0.05) is 19.6 Å². The summed E-state index contributed by atoms with van der Waals surface area (Å²) in [6, 6.07) is 3.18. The summed E-state index contributed by atoms with van der Waals surface area (Å²) in [4.78, 5) is 19.8. The molecule has 0 saturated carbocycles. The van der Waals surface area contributed by atoms with Crippen molar-refractivity contribution in [3.05, 3.63) is 23.4 Å².